The molecule has 7 nitrogen and oxygen atoms in total. The normalized spacial score (nSPS) is 15.8. The number of hydrogen-bond donors (Lipinski definition) is 1. The molecule has 2 aromatic heterocycles. The van der Waals surface area contributed by atoms with Gasteiger partial charge in [-0.25, -0.2) is 9.37 Å². The molecule has 0 saturated carbocycles. The number of halogens is 1. The predicted molar refractivity (Wildman–Crippen MR) is 122 cm³/mol. The first-order chi connectivity index (χ1) is 16.0. The lowest BCUT2D eigenvalue weighted by molar-refractivity contribution is 0.0731. The fourth-order valence-corrected chi connectivity index (χ4v) is 5.08. The topological polar surface area (TPSA) is 88.6 Å². The van der Waals surface area contributed by atoms with Gasteiger partial charge < -0.3 is 19.1 Å². The minimum Gasteiger partial charge on any atom is -0.464 e. The van der Waals surface area contributed by atoms with Crippen molar-refractivity contribution in [3.8, 4) is 11.3 Å². The molecule has 1 atom stereocenters. The minimum atomic E-state index is -0.374. The van der Waals surface area contributed by atoms with Gasteiger partial charge in [0.2, 0.25) is 0 Å². The zero-order valence-electron chi connectivity index (χ0n) is 17.7. The highest BCUT2D eigenvalue weighted by molar-refractivity contribution is 7.99. The molecule has 168 valence electrons. The summed E-state index contributed by atoms with van der Waals surface area (Å²) in [6.07, 6.45) is 1.55. The van der Waals surface area contributed by atoms with Crippen LogP contribution < -0.4 is 5.32 Å². The second-order valence-corrected chi connectivity index (χ2v) is 8.69. The van der Waals surface area contributed by atoms with E-state index in [0.717, 1.165) is 5.39 Å². The van der Waals surface area contributed by atoms with Crippen LogP contribution in [0.2, 0.25) is 0 Å². The lowest BCUT2D eigenvalue weighted by atomic mass is 10.1. The molecule has 1 aliphatic rings. The maximum absolute atomic E-state index is 13.4. The second kappa shape index (κ2) is 8.74. The molecule has 1 N–H and O–H groups in total. The Kier molecular flexibility index (Phi) is 5.63. The van der Waals surface area contributed by atoms with Crippen LogP contribution in [0.25, 0.3) is 22.3 Å². The van der Waals surface area contributed by atoms with Crippen LogP contribution in [0.4, 0.5) is 4.39 Å². The fraction of sp³-hybridized carbons (Fsp3) is 0.208. The maximum atomic E-state index is 13.4. The number of fused-ring (bicyclic) bond motifs is 1. The van der Waals surface area contributed by atoms with Gasteiger partial charge in [0.25, 0.3) is 11.8 Å². The number of benzene rings is 2. The van der Waals surface area contributed by atoms with Crippen molar-refractivity contribution in [2.75, 3.05) is 18.2 Å². The molecule has 1 aliphatic heterocycles. The molecular weight excluding hydrogens is 445 g/mol. The molecule has 0 spiro atoms. The van der Waals surface area contributed by atoms with E-state index in [1.165, 1.54) is 12.1 Å². The Morgan fingerprint density at radius 1 is 1.21 bits per heavy atom. The third-order valence-electron chi connectivity index (χ3n) is 5.52. The number of nitrogens with zero attached hydrogens (tertiary/aromatic N) is 2. The molecule has 2 amide bonds. The summed E-state index contributed by atoms with van der Waals surface area (Å²) in [6.45, 7) is 1.96. The van der Waals surface area contributed by atoms with E-state index < -0.39 is 0 Å². The number of nitrogens with one attached hydrogen (secondary N) is 1. The molecule has 0 unspecified atom stereocenters. The van der Waals surface area contributed by atoms with Crippen LogP contribution in [0.1, 0.15) is 26.7 Å². The zero-order chi connectivity index (χ0) is 22.9. The Morgan fingerprint density at radius 2 is 2.03 bits per heavy atom. The van der Waals surface area contributed by atoms with Crippen molar-refractivity contribution in [3.63, 3.8) is 0 Å². The Morgan fingerprint density at radius 3 is 2.85 bits per heavy atom. The van der Waals surface area contributed by atoms with Gasteiger partial charge >= 0.3 is 0 Å². The number of amides is 2. The van der Waals surface area contributed by atoms with Crippen LogP contribution in [0.15, 0.2) is 63.6 Å². The van der Waals surface area contributed by atoms with E-state index >= 15 is 0 Å². The van der Waals surface area contributed by atoms with Crippen molar-refractivity contribution < 1.29 is 22.8 Å². The highest BCUT2D eigenvalue weighted by Gasteiger charge is 2.34. The van der Waals surface area contributed by atoms with Crippen LogP contribution in [0, 0.1) is 12.7 Å². The van der Waals surface area contributed by atoms with E-state index in [2.05, 4.69) is 10.3 Å². The summed E-state index contributed by atoms with van der Waals surface area (Å²) in [6, 6.07) is 12.6. The van der Waals surface area contributed by atoms with E-state index in [-0.39, 0.29) is 29.4 Å². The lowest BCUT2D eigenvalue weighted by Gasteiger charge is -2.23. The van der Waals surface area contributed by atoms with Crippen molar-refractivity contribution in [1.29, 1.82) is 0 Å². The summed E-state index contributed by atoms with van der Waals surface area (Å²) in [7, 11) is 0. The van der Waals surface area contributed by atoms with Gasteiger partial charge in [-0.1, -0.05) is 6.07 Å². The average Bonchev–Trinajstić information content (AvgIpc) is 3.56. The number of furan rings is 1. The first-order valence-electron chi connectivity index (χ1n) is 10.4. The third kappa shape index (κ3) is 4.11. The first-order valence-corrected chi connectivity index (χ1v) is 11.5. The summed E-state index contributed by atoms with van der Waals surface area (Å²) in [5.74, 6) is 0.936. The molecular formula is C24H20FN3O4S. The van der Waals surface area contributed by atoms with Crippen molar-refractivity contribution in [2.45, 2.75) is 13.0 Å². The number of hydrogen-bond acceptors (Lipinski definition) is 6. The molecule has 0 bridgehead atoms. The average molecular weight is 466 g/mol. The fourth-order valence-electron chi connectivity index (χ4n) is 3.88. The Hall–Kier alpha value is -3.59. The monoisotopic (exact) mass is 465 g/mol. The van der Waals surface area contributed by atoms with Gasteiger partial charge in [0, 0.05) is 30.2 Å². The Balaban J connectivity index is 1.33. The Labute approximate surface area is 193 Å². The molecule has 5 rings (SSSR count). The molecule has 9 heteroatoms. The van der Waals surface area contributed by atoms with Gasteiger partial charge in [0.15, 0.2) is 17.3 Å². The lowest BCUT2D eigenvalue weighted by Crippen LogP contribution is -2.44. The number of aryl methyl sites for hydroxylation is 1. The molecule has 4 aromatic rings. The van der Waals surface area contributed by atoms with Gasteiger partial charge in [0.1, 0.15) is 11.4 Å². The summed E-state index contributed by atoms with van der Waals surface area (Å²) in [4.78, 5) is 32.2. The molecule has 0 radical (unpaired) electrons. The van der Waals surface area contributed by atoms with E-state index in [1.807, 2.05) is 0 Å². The van der Waals surface area contributed by atoms with Gasteiger partial charge in [-0.05, 0) is 42.5 Å². The summed E-state index contributed by atoms with van der Waals surface area (Å²) in [5.41, 5.74) is 1.92. The predicted octanol–water partition coefficient (Wildman–Crippen LogP) is 4.48. The molecule has 1 fully saturated rings. The Bertz CT molecular complexity index is 1330. The number of carbonyl (C=O) groups is 2. The highest BCUT2D eigenvalue weighted by Crippen LogP contribution is 2.29. The van der Waals surface area contributed by atoms with Crippen molar-refractivity contribution in [2.24, 2.45) is 0 Å². The van der Waals surface area contributed by atoms with Crippen LogP contribution in [-0.4, -0.2) is 45.9 Å². The standard InChI is InChI=1S/C24H20FN3O4S/c1-14-27-21(22(32-14)15-5-7-16(25)8-6-15)24(30)28-13-33-12-17(28)11-26-23(29)19-3-2-4-20-18(19)9-10-31-20/h2-10,17H,11-13H2,1H3,(H,26,29)/t17-/m1/s1. The SMILES string of the molecule is Cc1nc(C(=O)N2CSC[C@H]2CNC(=O)c2cccc3occc23)c(-c2ccc(F)cc2)o1. The number of carbonyl (C=O) groups excluding carboxylic acids is 2. The smallest absolute Gasteiger partial charge is 0.277 e. The molecule has 1 saturated heterocycles. The number of rotatable bonds is 5. The summed E-state index contributed by atoms with van der Waals surface area (Å²) < 4.78 is 24.4. The highest BCUT2D eigenvalue weighted by atomic mass is 32.2. The van der Waals surface area contributed by atoms with Crippen LogP contribution >= 0.6 is 11.8 Å². The van der Waals surface area contributed by atoms with Gasteiger partial charge in [-0.3, -0.25) is 9.59 Å². The number of oxazole rings is 1. The van der Waals surface area contributed by atoms with E-state index in [0.29, 0.717) is 46.5 Å². The van der Waals surface area contributed by atoms with E-state index in [9.17, 15) is 14.0 Å². The summed E-state index contributed by atoms with van der Waals surface area (Å²) in [5, 5.41) is 3.68. The van der Waals surface area contributed by atoms with Gasteiger partial charge in [-0.15, -0.1) is 11.8 Å². The largest absolute Gasteiger partial charge is 0.464 e. The van der Waals surface area contributed by atoms with Crippen LogP contribution in [-0.2, 0) is 0 Å². The molecule has 33 heavy (non-hydrogen) atoms. The second-order valence-electron chi connectivity index (χ2n) is 7.69. The van der Waals surface area contributed by atoms with E-state index in [4.69, 9.17) is 8.83 Å². The van der Waals surface area contributed by atoms with Crippen molar-refractivity contribution in [3.05, 3.63) is 77.8 Å². The minimum absolute atomic E-state index is 0.182. The molecule has 2 aromatic carbocycles. The van der Waals surface area contributed by atoms with Crippen LogP contribution in [0.3, 0.4) is 0 Å². The maximum Gasteiger partial charge on any atom is 0.277 e. The van der Waals surface area contributed by atoms with Gasteiger partial charge in [0.05, 0.1) is 23.7 Å². The third-order valence-corrected chi connectivity index (χ3v) is 6.61. The van der Waals surface area contributed by atoms with Crippen molar-refractivity contribution >= 4 is 34.5 Å². The quantitative estimate of drug-likeness (QED) is 0.468. The first kappa shape index (κ1) is 21.3. The van der Waals surface area contributed by atoms with Crippen molar-refractivity contribution in [1.82, 2.24) is 15.2 Å². The van der Waals surface area contributed by atoms with E-state index in [1.54, 1.807) is 66.2 Å². The zero-order valence-corrected chi connectivity index (χ0v) is 18.5. The molecule has 3 heterocycles. The van der Waals surface area contributed by atoms with Crippen LogP contribution in [0.5, 0.6) is 0 Å². The number of thioether (sulfide) groups is 1. The number of aromatic nitrogens is 1. The molecule has 0 aliphatic carbocycles. The van der Waals surface area contributed by atoms with Gasteiger partial charge in [-0.2, -0.15) is 0 Å². The summed E-state index contributed by atoms with van der Waals surface area (Å²) >= 11 is 1.61.